The summed E-state index contributed by atoms with van der Waals surface area (Å²) in [5, 5.41) is 2.12. The van der Waals surface area contributed by atoms with Gasteiger partial charge in [-0.25, -0.2) is 10.8 Å². The van der Waals surface area contributed by atoms with Crippen LogP contribution in [0, 0.1) is 13.8 Å². The molecule has 0 aliphatic carbocycles. The summed E-state index contributed by atoms with van der Waals surface area (Å²) in [4.78, 5) is 15.4. The number of nitrogens with zero attached hydrogens (tertiary/aromatic N) is 1. The molecule has 0 radical (unpaired) electrons. The van der Waals surface area contributed by atoms with Crippen LogP contribution in [0.2, 0.25) is 0 Å². The van der Waals surface area contributed by atoms with Gasteiger partial charge in [0, 0.05) is 5.38 Å². The summed E-state index contributed by atoms with van der Waals surface area (Å²) in [7, 11) is 0. The fraction of sp³-hybridized carbons (Fsp3) is 0.231. The Bertz CT molecular complexity index is 595. The molecule has 5 nitrogen and oxygen atoms in total. The van der Waals surface area contributed by atoms with Crippen molar-refractivity contribution in [2.24, 2.45) is 5.84 Å². The molecule has 1 aromatic carbocycles. The van der Waals surface area contributed by atoms with Crippen LogP contribution < -0.4 is 16.0 Å². The number of amides is 1. The first kappa shape index (κ1) is 13.5. The number of nitrogens with two attached hydrogens (primary N) is 1. The van der Waals surface area contributed by atoms with Gasteiger partial charge in [0.15, 0.2) is 5.01 Å². The van der Waals surface area contributed by atoms with Gasteiger partial charge >= 0.3 is 0 Å². The average molecular weight is 277 g/mol. The number of hydrogen-bond acceptors (Lipinski definition) is 5. The Kier molecular flexibility index (Phi) is 4.13. The van der Waals surface area contributed by atoms with E-state index in [0.717, 1.165) is 16.9 Å². The Hall–Kier alpha value is -1.92. The molecule has 3 N–H and O–H groups in total. The molecule has 0 fully saturated rings. The minimum atomic E-state index is -0.386. The fourth-order valence-corrected chi connectivity index (χ4v) is 2.26. The lowest BCUT2D eigenvalue weighted by Crippen LogP contribution is -2.29. The number of thiazole rings is 1. The van der Waals surface area contributed by atoms with Crippen molar-refractivity contribution in [3.05, 3.63) is 45.4 Å². The Morgan fingerprint density at radius 3 is 3.00 bits per heavy atom. The molecule has 2 rings (SSSR count). The Balaban J connectivity index is 2.04. The molecule has 0 aliphatic rings. The van der Waals surface area contributed by atoms with Crippen LogP contribution in [0.15, 0.2) is 23.6 Å². The first-order chi connectivity index (χ1) is 9.10. The third-order valence-corrected chi connectivity index (χ3v) is 3.49. The molecule has 100 valence electrons. The summed E-state index contributed by atoms with van der Waals surface area (Å²) in [6.07, 6.45) is 0. The number of nitrogens with one attached hydrogen (secondary N) is 1. The highest BCUT2D eigenvalue weighted by Crippen LogP contribution is 2.20. The first-order valence-electron chi connectivity index (χ1n) is 5.75. The van der Waals surface area contributed by atoms with Crippen molar-refractivity contribution in [3.63, 3.8) is 0 Å². The lowest BCUT2D eigenvalue weighted by atomic mass is 10.1. The van der Waals surface area contributed by atoms with Gasteiger partial charge in [-0.2, -0.15) is 0 Å². The van der Waals surface area contributed by atoms with E-state index < -0.39 is 0 Å². The molecule has 1 aromatic heterocycles. The summed E-state index contributed by atoms with van der Waals surface area (Å²) >= 11 is 1.24. The molecule has 0 unspecified atom stereocenters. The van der Waals surface area contributed by atoms with Gasteiger partial charge in [-0.3, -0.25) is 10.2 Å². The summed E-state index contributed by atoms with van der Waals surface area (Å²) in [5.74, 6) is 5.50. The first-order valence-corrected chi connectivity index (χ1v) is 6.63. The normalized spacial score (nSPS) is 10.3. The van der Waals surface area contributed by atoms with E-state index in [9.17, 15) is 4.79 Å². The maximum atomic E-state index is 11.3. The van der Waals surface area contributed by atoms with Gasteiger partial charge in [0.05, 0.1) is 5.69 Å². The maximum absolute atomic E-state index is 11.3. The lowest BCUT2D eigenvalue weighted by Gasteiger charge is -2.08. The van der Waals surface area contributed by atoms with E-state index >= 15 is 0 Å². The number of aryl methyl sites for hydroxylation is 2. The maximum Gasteiger partial charge on any atom is 0.294 e. The summed E-state index contributed by atoms with van der Waals surface area (Å²) < 4.78 is 5.71. The highest BCUT2D eigenvalue weighted by molar-refractivity contribution is 7.11. The van der Waals surface area contributed by atoms with Gasteiger partial charge < -0.3 is 4.74 Å². The molecule has 2 aromatic rings. The van der Waals surface area contributed by atoms with Gasteiger partial charge in [-0.15, -0.1) is 11.3 Å². The third kappa shape index (κ3) is 3.30. The van der Waals surface area contributed by atoms with Crippen molar-refractivity contribution >= 4 is 17.2 Å². The number of aromatic nitrogens is 1. The summed E-state index contributed by atoms with van der Waals surface area (Å²) in [6, 6.07) is 6.03. The van der Waals surface area contributed by atoms with Gasteiger partial charge in [0.2, 0.25) is 0 Å². The molecule has 0 saturated heterocycles. The molecule has 0 spiro atoms. The van der Waals surface area contributed by atoms with Gasteiger partial charge in [-0.05, 0) is 31.0 Å². The second kappa shape index (κ2) is 5.81. The molecule has 1 amide bonds. The van der Waals surface area contributed by atoms with Crippen molar-refractivity contribution in [3.8, 4) is 5.75 Å². The number of hydrazine groups is 1. The summed E-state index contributed by atoms with van der Waals surface area (Å²) in [6.45, 7) is 4.33. The van der Waals surface area contributed by atoms with Crippen molar-refractivity contribution in [1.82, 2.24) is 10.4 Å². The van der Waals surface area contributed by atoms with Crippen LogP contribution in [0.25, 0.3) is 0 Å². The van der Waals surface area contributed by atoms with E-state index in [4.69, 9.17) is 10.6 Å². The summed E-state index contributed by atoms with van der Waals surface area (Å²) in [5.41, 5.74) is 4.98. The molecule has 1 heterocycles. The predicted octanol–water partition coefficient (Wildman–Crippen LogP) is 1.94. The number of carbonyl (C=O) groups excluding carboxylic acids is 1. The highest BCUT2D eigenvalue weighted by atomic mass is 32.1. The quantitative estimate of drug-likeness (QED) is 0.508. The number of rotatable bonds is 4. The largest absolute Gasteiger partial charge is 0.487 e. The molecule has 19 heavy (non-hydrogen) atoms. The zero-order valence-electron chi connectivity index (χ0n) is 10.8. The van der Waals surface area contributed by atoms with E-state index in [1.54, 1.807) is 5.38 Å². The predicted molar refractivity (Wildman–Crippen MR) is 74.0 cm³/mol. The lowest BCUT2D eigenvalue weighted by molar-refractivity contribution is 0.0953. The zero-order valence-corrected chi connectivity index (χ0v) is 11.6. The van der Waals surface area contributed by atoms with Crippen LogP contribution in [0.5, 0.6) is 5.75 Å². The highest BCUT2D eigenvalue weighted by Gasteiger charge is 2.10. The zero-order chi connectivity index (χ0) is 13.8. The molecule has 0 saturated carbocycles. The minimum absolute atomic E-state index is 0.332. The topological polar surface area (TPSA) is 77.2 Å². The third-order valence-electron chi connectivity index (χ3n) is 2.60. The number of benzene rings is 1. The van der Waals surface area contributed by atoms with E-state index in [0.29, 0.717) is 17.3 Å². The van der Waals surface area contributed by atoms with Crippen molar-refractivity contribution in [1.29, 1.82) is 0 Å². The van der Waals surface area contributed by atoms with Crippen molar-refractivity contribution in [2.75, 3.05) is 0 Å². The monoisotopic (exact) mass is 277 g/mol. The molecule has 0 atom stereocenters. The molecular weight excluding hydrogens is 262 g/mol. The van der Waals surface area contributed by atoms with Gasteiger partial charge in [0.1, 0.15) is 12.4 Å². The van der Waals surface area contributed by atoms with Gasteiger partial charge in [0.25, 0.3) is 5.91 Å². The Morgan fingerprint density at radius 2 is 2.26 bits per heavy atom. The standard InChI is InChI=1S/C13H15N3O2S/c1-8-3-4-9(2)11(5-8)18-6-10-7-19-13(15-10)12(17)16-14/h3-5,7H,6,14H2,1-2H3,(H,16,17). The Labute approximate surface area is 115 Å². The smallest absolute Gasteiger partial charge is 0.294 e. The second-order valence-electron chi connectivity index (χ2n) is 4.18. The van der Waals surface area contributed by atoms with E-state index in [1.165, 1.54) is 11.3 Å². The molecule has 0 bridgehead atoms. The van der Waals surface area contributed by atoms with Crippen LogP contribution in [-0.2, 0) is 6.61 Å². The fourth-order valence-electron chi connectivity index (χ4n) is 1.55. The number of hydrogen-bond donors (Lipinski definition) is 2. The molecule has 0 aliphatic heterocycles. The minimum Gasteiger partial charge on any atom is -0.487 e. The van der Waals surface area contributed by atoms with Crippen LogP contribution in [0.4, 0.5) is 0 Å². The van der Waals surface area contributed by atoms with E-state index in [-0.39, 0.29) is 5.91 Å². The number of nitrogen functional groups attached to an aromatic ring is 1. The number of carbonyl (C=O) groups is 1. The van der Waals surface area contributed by atoms with Crippen LogP contribution >= 0.6 is 11.3 Å². The van der Waals surface area contributed by atoms with Crippen molar-refractivity contribution < 1.29 is 9.53 Å². The average Bonchev–Trinajstić information content (AvgIpc) is 2.88. The second-order valence-corrected chi connectivity index (χ2v) is 5.03. The van der Waals surface area contributed by atoms with Crippen LogP contribution in [-0.4, -0.2) is 10.9 Å². The van der Waals surface area contributed by atoms with Crippen molar-refractivity contribution in [2.45, 2.75) is 20.5 Å². The van der Waals surface area contributed by atoms with Crippen LogP contribution in [0.1, 0.15) is 26.6 Å². The SMILES string of the molecule is Cc1ccc(C)c(OCc2csc(C(=O)NN)n2)c1. The Morgan fingerprint density at radius 1 is 1.47 bits per heavy atom. The van der Waals surface area contributed by atoms with E-state index in [2.05, 4.69) is 10.4 Å². The van der Waals surface area contributed by atoms with Gasteiger partial charge in [-0.1, -0.05) is 12.1 Å². The molecular formula is C13H15N3O2S. The van der Waals surface area contributed by atoms with E-state index in [1.807, 2.05) is 32.0 Å². The molecule has 6 heteroatoms. The number of ether oxygens (including phenoxy) is 1. The van der Waals surface area contributed by atoms with Crippen LogP contribution in [0.3, 0.4) is 0 Å².